The standard InChI is InChI=1S/C13H13ClN2O3S/c14-13-8-11(6-7-15-13)20(18,19)16-12(9-17)10-4-2-1-3-5-10/h1-8,12,16-17H,9H2/t12-/m0/s1. The van der Waals surface area contributed by atoms with Crippen molar-refractivity contribution >= 4 is 21.6 Å². The summed E-state index contributed by atoms with van der Waals surface area (Å²) in [4.78, 5) is 3.74. The maximum absolute atomic E-state index is 12.2. The highest BCUT2D eigenvalue weighted by Crippen LogP contribution is 2.18. The highest BCUT2D eigenvalue weighted by atomic mass is 35.5. The van der Waals surface area contributed by atoms with Crippen molar-refractivity contribution < 1.29 is 13.5 Å². The molecule has 0 amide bonds. The third-order valence-electron chi connectivity index (χ3n) is 2.69. The SMILES string of the molecule is O=S(=O)(N[C@@H](CO)c1ccccc1)c1ccnc(Cl)c1. The molecule has 5 nitrogen and oxygen atoms in total. The van der Waals surface area contributed by atoms with Gasteiger partial charge in [0.25, 0.3) is 0 Å². The summed E-state index contributed by atoms with van der Waals surface area (Å²) in [6.07, 6.45) is 1.31. The molecule has 0 unspecified atom stereocenters. The van der Waals surface area contributed by atoms with Gasteiger partial charge in [0.05, 0.1) is 17.5 Å². The predicted octanol–water partition coefficient (Wildman–Crippen LogP) is 1.75. The average Bonchev–Trinajstić information content (AvgIpc) is 2.46. The smallest absolute Gasteiger partial charge is 0.241 e. The lowest BCUT2D eigenvalue weighted by molar-refractivity contribution is 0.259. The summed E-state index contributed by atoms with van der Waals surface area (Å²) in [5.41, 5.74) is 0.679. The molecule has 0 saturated heterocycles. The number of aromatic nitrogens is 1. The number of nitrogens with one attached hydrogen (secondary N) is 1. The lowest BCUT2D eigenvalue weighted by Gasteiger charge is -2.16. The van der Waals surface area contributed by atoms with E-state index in [1.165, 1.54) is 18.3 Å². The fourth-order valence-corrected chi connectivity index (χ4v) is 3.17. The second kappa shape index (κ2) is 6.32. The Hall–Kier alpha value is -1.47. The first-order valence-electron chi connectivity index (χ1n) is 5.82. The maximum Gasteiger partial charge on any atom is 0.241 e. The largest absolute Gasteiger partial charge is 0.394 e. The Morgan fingerprint density at radius 1 is 1.25 bits per heavy atom. The van der Waals surface area contributed by atoms with Crippen LogP contribution in [-0.4, -0.2) is 25.1 Å². The molecule has 0 fully saturated rings. The Labute approximate surface area is 122 Å². The summed E-state index contributed by atoms with van der Waals surface area (Å²) in [5, 5.41) is 9.47. The molecule has 20 heavy (non-hydrogen) atoms. The van der Waals surface area contributed by atoms with Crippen LogP contribution >= 0.6 is 11.6 Å². The number of rotatable bonds is 5. The third kappa shape index (κ3) is 3.55. The van der Waals surface area contributed by atoms with Gasteiger partial charge in [-0.3, -0.25) is 0 Å². The van der Waals surface area contributed by atoms with Crippen LogP contribution in [0.4, 0.5) is 0 Å². The number of nitrogens with zero attached hydrogens (tertiary/aromatic N) is 1. The van der Waals surface area contributed by atoms with Gasteiger partial charge in [-0.05, 0) is 17.7 Å². The van der Waals surface area contributed by atoms with Crippen LogP contribution in [0.25, 0.3) is 0 Å². The van der Waals surface area contributed by atoms with E-state index in [0.717, 1.165) is 0 Å². The molecular weight excluding hydrogens is 300 g/mol. The molecule has 0 aliphatic heterocycles. The lowest BCUT2D eigenvalue weighted by atomic mass is 10.1. The molecule has 0 aliphatic carbocycles. The summed E-state index contributed by atoms with van der Waals surface area (Å²) >= 11 is 5.69. The van der Waals surface area contributed by atoms with Crippen molar-refractivity contribution in [2.24, 2.45) is 0 Å². The molecule has 0 aliphatic rings. The average molecular weight is 313 g/mol. The zero-order valence-electron chi connectivity index (χ0n) is 10.4. The van der Waals surface area contributed by atoms with Crippen molar-refractivity contribution in [1.82, 2.24) is 9.71 Å². The van der Waals surface area contributed by atoms with Crippen molar-refractivity contribution in [3.05, 3.63) is 59.4 Å². The maximum atomic E-state index is 12.2. The third-order valence-corrected chi connectivity index (χ3v) is 4.37. The summed E-state index contributed by atoms with van der Waals surface area (Å²) in [5.74, 6) is 0. The van der Waals surface area contributed by atoms with Crippen molar-refractivity contribution in [2.45, 2.75) is 10.9 Å². The van der Waals surface area contributed by atoms with Crippen LogP contribution in [0.5, 0.6) is 0 Å². The molecule has 0 bridgehead atoms. The number of benzene rings is 1. The molecule has 1 aromatic carbocycles. The molecule has 2 aromatic rings. The number of sulfonamides is 1. The van der Waals surface area contributed by atoms with E-state index in [9.17, 15) is 13.5 Å². The molecule has 0 spiro atoms. The van der Waals surface area contributed by atoms with Crippen LogP contribution in [0, 0.1) is 0 Å². The Kier molecular flexibility index (Phi) is 4.72. The minimum Gasteiger partial charge on any atom is -0.394 e. The number of hydrogen-bond acceptors (Lipinski definition) is 4. The molecule has 2 N–H and O–H groups in total. The van der Waals surface area contributed by atoms with E-state index in [4.69, 9.17) is 11.6 Å². The Balaban J connectivity index is 2.27. The van der Waals surface area contributed by atoms with Gasteiger partial charge in [-0.25, -0.2) is 18.1 Å². The Bertz CT molecular complexity index is 677. The van der Waals surface area contributed by atoms with E-state index in [1.54, 1.807) is 24.3 Å². The van der Waals surface area contributed by atoms with Crippen LogP contribution < -0.4 is 4.72 Å². The molecular formula is C13H13ClN2O3S. The molecule has 0 saturated carbocycles. The number of hydrogen-bond donors (Lipinski definition) is 2. The molecule has 106 valence electrons. The van der Waals surface area contributed by atoms with Crippen LogP contribution in [0.15, 0.2) is 53.6 Å². The molecule has 1 aromatic heterocycles. The molecule has 7 heteroatoms. The predicted molar refractivity (Wildman–Crippen MR) is 75.8 cm³/mol. The van der Waals surface area contributed by atoms with Crippen molar-refractivity contribution in [3.8, 4) is 0 Å². The summed E-state index contributed by atoms with van der Waals surface area (Å²) in [6, 6.07) is 10.7. The van der Waals surface area contributed by atoms with Gasteiger partial charge in [-0.2, -0.15) is 0 Å². The molecule has 1 heterocycles. The number of aliphatic hydroxyl groups excluding tert-OH is 1. The van der Waals surface area contributed by atoms with Gasteiger partial charge in [-0.15, -0.1) is 0 Å². The van der Waals surface area contributed by atoms with Gasteiger partial charge < -0.3 is 5.11 Å². The lowest BCUT2D eigenvalue weighted by Crippen LogP contribution is -2.30. The Morgan fingerprint density at radius 3 is 2.55 bits per heavy atom. The fourth-order valence-electron chi connectivity index (χ4n) is 1.70. The van der Waals surface area contributed by atoms with E-state index < -0.39 is 16.1 Å². The number of halogens is 1. The number of pyridine rings is 1. The van der Waals surface area contributed by atoms with E-state index in [1.807, 2.05) is 6.07 Å². The van der Waals surface area contributed by atoms with Crippen molar-refractivity contribution in [3.63, 3.8) is 0 Å². The minimum absolute atomic E-state index is 0.00637. The van der Waals surface area contributed by atoms with Crippen molar-refractivity contribution in [1.29, 1.82) is 0 Å². The Morgan fingerprint density at radius 2 is 1.95 bits per heavy atom. The molecule has 0 radical (unpaired) electrons. The zero-order chi connectivity index (χ0) is 14.6. The van der Waals surface area contributed by atoms with Crippen molar-refractivity contribution in [2.75, 3.05) is 6.61 Å². The number of aliphatic hydroxyl groups is 1. The summed E-state index contributed by atoms with van der Waals surface area (Å²) in [7, 11) is -3.78. The first-order chi connectivity index (χ1) is 9.53. The first kappa shape index (κ1) is 14.9. The van der Waals surface area contributed by atoms with Gasteiger partial charge in [0.2, 0.25) is 10.0 Å². The van der Waals surface area contributed by atoms with Gasteiger partial charge in [0, 0.05) is 6.20 Å². The van der Waals surface area contributed by atoms with Gasteiger partial charge in [-0.1, -0.05) is 41.9 Å². The van der Waals surface area contributed by atoms with E-state index in [0.29, 0.717) is 5.56 Å². The van der Waals surface area contributed by atoms with Crippen LogP contribution in [0.3, 0.4) is 0 Å². The summed E-state index contributed by atoms with van der Waals surface area (Å²) in [6.45, 7) is -0.345. The quantitative estimate of drug-likeness (QED) is 0.824. The second-order valence-corrected chi connectivity index (χ2v) is 6.18. The highest BCUT2D eigenvalue weighted by molar-refractivity contribution is 7.89. The highest BCUT2D eigenvalue weighted by Gasteiger charge is 2.21. The van der Waals surface area contributed by atoms with E-state index in [-0.39, 0.29) is 16.7 Å². The van der Waals surface area contributed by atoms with Crippen LogP contribution in [0.1, 0.15) is 11.6 Å². The monoisotopic (exact) mass is 312 g/mol. The van der Waals surface area contributed by atoms with Gasteiger partial charge >= 0.3 is 0 Å². The topological polar surface area (TPSA) is 79.3 Å². The molecule has 2 rings (SSSR count). The first-order valence-corrected chi connectivity index (χ1v) is 7.69. The fraction of sp³-hybridized carbons (Fsp3) is 0.154. The van der Waals surface area contributed by atoms with E-state index >= 15 is 0 Å². The van der Waals surface area contributed by atoms with Gasteiger partial charge in [0.1, 0.15) is 5.15 Å². The van der Waals surface area contributed by atoms with E-state index in [2.05, 4.69) is 9.71 Å². The second-order valence-electron chi connectivity index (χ2n) is 4.08. The van der Waals surface area contributed by atoms with Gasteiger partial charge in [0.15, 0.2) is 0 Å². The normalized spacial score (nSPS) is 13.1. The van der Waals surface area contributed by atoms with Crippen LogP contribution in [-0.2, 0) is 10.0 Å². The zero-order valence-corrected chi connectivity index (χ0v) is 12.0. The summed E-state index contributed by atoms with van der Waals surface area (Å²) < 4.78 is 26.9. The molecule has 1 atom stereocenters. The van der Waals surface area contributed by atoms with Crippen LogP contribution in [0.2, 0.25) is 5.15 Å². The minimum atomic E-state index is -3.78.